The molecule has 0 atom stereocenters. The fourth-order valence-corrected chi connectivity index (χ4v) is 1.34. The molecule has 1 aromatic heterocycles. The number of carbonyl (C=O) groups is 1. The van der Waals surface area contributed by atoms with Crippen molar-refractivity contribution in [1.29, 1.82) is 0 Å². The van der Waals surface area contributed by atoms with Gasteiger partial charge in [-0.15, -0.1) is 0 Å². The van der Waals surface area contributed by atoms with Gasteiger partial charge in [0.05, 0.1) is 0 Å². The molecular formula is C7H5Cl3N2O2. The molecule has 1 aromatic rings. The zero-order valence-corrected chi connectivity index (χ0v) is 9.24. The monoisotopic (exact) mass is 254 g/mol. The molecule has 14 heavy (non-hydrogen) atoms. The molecule has 7 heteroatoms. The Bertz CT molecular complexity index is 395. The van der Waals surface area contributed by atoms with Gasteiger partial charge in [0.1, 0.15) is 10.0 Å². The summed E-state index contributed by atoms with van der Waals surface area (Å²) in [5, 5.41) is -0.0665. The molecule has 0 aliphatic carbocycles. The number of hydrogen-bond donors (Lipinski definition) is 1. The molecular weight excluding hydrogens is 250 g/mol. The van der Waals surface area contributed by atoms with Crippen molar-refractivity contribution < 1.29 is 9.53 Å². The van der Waals surface area contributed by atoms with E-state index in [0.29, 0.717) is 0 Å². The molecule has 0 unspecified atom stereocenters. The Morgan fingerprint density at radius 2 is 1.93 bits per heavy atom. The molecule has 0 saturated carbocycles. The van der Waals surface area contributed by atoms with Crippen molar-refractivity contribution in [2.24, 2.45) is 0 Å². The molecule has 0 aliphatic rings. The van der Waals surface area contributed by atoms with Gasteiger partial charge in [-0.1, -0.05) is 34.8 Å². The molecule has 0 radical (unpaired) electrons. The fourth-order valence-electron chi connectivity index (χ4n) is 0.749. The van der Waals surface area contributed by atoms with Gasteiger partial charge < -0.3 is 10.5 Å². The van der Waals surface area contributed by atoms with Crippen LogP contribution in [-0.4, -0.2) is 11.0 Å². The van der Waals surface area contributed by atoms with Crippen LogP contribution in [0.2, 0.25) is 15.2 Å². The molecule has 4 nitrogen and oxygen atoms in total. The van der Waals surface area contributed by atoms with Crippen molar-refractivity contribution in [1.82, 2.24) is 4.98 Å². The maximum Gasteiger partial charge on any atom is 0.308 e. The number of nitrogen functional groups attached to an aromatic ring is 1. The van der Waals surface area contributed by atoms with Gasteiger partial charge in [-0.2, -0.15) is 0 Å². The van der Waals surface area contributed by atoms with Gasteiger partial charge in [-0.25, -0.2) is 4.98 Å². The van der Waals surface area contributed by atoms with E-state index < -0.39 is 5.97 Å². The van der Waals surface area contributed by atoms with Crippen LogP contribution in [0.4, 0.5) is 5.82 Å². The maximum atomic E-state index is 10.7. The molecule has 0 bridgehead atoms. The Kier molecular flexibility index (Phi) is 3.42. The van der Waals surface area contributed by atoms with Crippen molar-refractivity contribution in [3.63, 3.8) is 0 Å². The predicted octanol–water partition coefficient (Wildman–Crippen LogP) is 2.55. The standard InChI is InChI=1S/C7H5Cl3N2O2/c1-2(13)14-5-3(8)4(9)6(10)12-7(5)11/h1H3,(H2,11,12). The second-order valence-corrected chi connectivity index (χ2v) is 3.45. The number of pyridine rings is 1. The van der Waals surface area contributed by atoms with Crippen molar-refractivity contribution in [3.8, 4) is 5.75 Å². The van der Waals surface area contributed by atoms with Crippen molar-refractivity contribution in [2.75, 3.05) is 5.73 Å². The fraction of sp³-hybridized carbons (Fsp3) is 0.143. The number of ether oxygens (including phenoxy) is 1. The summed E-state index contributed by atoms with van der Waals surface area (Å²) in [5.41, 5.74) is 5.42. The third-order valence-corrected chi connectivity index (χ3v) is 2.47. The van der Waals surface area contributed by atoms with Gasteiger partial charge >= 0.3 is 5.97 Å². The molecule has 2 N–H and O–H groups in total. The molecule has 1 heterocycles. The van der Waals surface area contributed by atoms with Gasteiger partial charge in [-0.05, 0) is 0 Å². The summed E-state index contributed by atoms with van der Waals surface area (Å²) in [6.45, 7) is 1.21. The normalized spacial score (nSPS) is 10.0. The first kappa shape index (κ1) is 11.4. The first-order valence-electron chi connectivity index (χ1n) is 3.42. The van der Waals surface area contributed by atoms with Gasteiger partial charge in [0.15, 0.2) is 16.7 Å². The summed E-state index contributed by atoms with van der Waals surface area (Å²) in [7, 11) is 0. The van der Waals surface area contributed by atoms with E-state index in [1.165, 1.54) is 6.92 Å². The van der Waals surface area contributed by atoms with Crippen LogP contribution in [0.1, 0.15) is 6.92 Å². The van der Waals surface area contributed by atoms with Crippen molar-refractivity contribution >= 4 is 46.6 Å². The number of esters is 1. The average Bonchev–Trinajstić information content (AvgIpc) is 2.09. The van der Waals surface area contributed by atoms with Crippen LogP contribution < -0.4 is 10.5 Å². The van der Waals surface area contributed by atoms with Crippen molar-refractivity contribution in [2.45, 2.75) is 6.92 Å². The summed E-state index contributed by atoms with van der Waals surface area (Å²) in [6, 6.07) is 0. The third-order valence-electron chi connectivity index (χ3n) is 1.27. The van der Waals surface area contributed by atoms with Crippen LogP contribution in [0.3, 0.4) is 0 Å². The number of hydrogen-bond acceptors (Lipinski definition) is 4. The zero-order valence-electron chi connectivity index (χ0n) is 6.97. The SMILES string of the molecule is CC(=O)Oc1c(N)nc(Cl)c(Cl)c1Cl. The molecule has 0 spiro atoms. The maximum absolute atomic E-state index is 10.7. The van der Waals surface area contributed by atoms with Crippen LogP contribution in [0.25, 0.3) is 0 Å². The second-order valence-electron chi connectivity index (χ2n) is 2.34. The smallest absolute Gasteiger partial charge is 0.308 e. The first-order chi connectivity index (χ1) is 6.43. The minimum Gasteiger partial charge on any atom is -0.421 e. The van der Waals surface area contributed by atoms with E-state index >= 15 is 0 Å². The Labute approximate surface area is 94.9 Å². The summed E-state index contributed by atoms with van der Waals surface area (Å²) in [4.78, 5) is 14.3. The number of nitrogens with two attached hydrogens (primary N) is 1. The number of rotatable bonds is 1. The highest BCUT2D eigenvalue weighted by Crippen LogP contribution is 2.39. The Morgan fingerprint density at radius 3 is 2.43 bits per heavy atom. The minimum absolute atomic E-state index is 0.00113. The van der Waals surface area contributed by atoms with Crippen LogP contribution >= 0.6 is 34.8 Å². The molecule has 76 valence electrons. The van der Waals surface area contributed by atoms with E-state index in [9.17, 15) is 4.79 Å². The Hall–Kier alpha value is -0.710. The molecule has 0 fully saturated rings. The lowest BCUT2D eigenvalue weighted by Crippen LogP contribution is -2.06. The number of anilines is 1. The van der Waals surface area contributed by atoms with E-state index in [-0.39, 0.29) is 26.8 Å². The molecule has 0 aliphatic heterocycles. The lowest BCUT2D eigenvalue weighted by molar-refractivity contribution is -0.131. The molecule has 0 aromatic carbocycles. The van der Waals surface area contributed by atoms with Gasteiger partial charge in [0.25, 0.3) is 0 Å². The first-order valence-corrected chi connectivity index (χ1v) is 4.55. The largest absolute Gasteiger partial charge is 0.421 e. The summed E-state index contributed by atoms with van der Waals surface area (Å²) in [6.07, 6.45) is 0. The van der Waals surface area contributed by atoms with Crippen LogP contribution in [0, 0.1) is 0 Å². The number of halogens is 3. The summed E-state index contributed by atoms with van der Waals surface area (Å²) in [5.74, 6) is -0.730. The predicted molar refractivity (Wildman–Crippen MR) is 55.0 cm³/mol. The number of carbonyl (C=O) groups excluding carboxylic acids is 1. The highest BCUT2D eigenvalue weighted by molar-refractivity contribution is 6.48. The number of aromatic nitrogens is 1. The molecule has 1 rings (SSSR count). The van der Waals surface area contributed by atoms with Gasteiger partial charge in [0.2, 0.25) is 0 Å². The van der Waals surface area contributed by atoms with Gasteiger partial charge in [0, 0.05) is 6.92 Å². The summed E-state index contributed by atoms with van der Waals surface area (Å²) >= 11 is 17.0. The van der Waals surface area contributed by atoms with E-state index in [1.54, 1.807) is 0 Å². The van der Waals surface area contributed by atoms with E-state index in [2.05, 4.69) is 4.98 Å². The van der Waals surface area contributed by atoms with Crippen LogP contribution in [0.5, 0.6) is 5.75 Å². The Morgan fingerprint density at radius 1 is 1.36 bits per heavy atom. The lowest BCUT2D eigenvalue weighted by atomic mass is 10.4. The second kappa shape index (κ2) is 4.21. The quantitative estimate of drug-likeness (QED) is 0.619. The van der Waals surface area contributed by atoms with E-state index in [4.69, 9.17) is 45.3 Å². The minimum atomic E-state index is -0.571. The average molecular weight is 255 g/mol. The Balaban J connectivity index is 3.29. The highest BCUT2D eigenvalue weighted by atomic mass is 35.5. The molecule has 0 saturated heterocycles. The summed E-state index contributed by atoms with van der Waals surface area (Å²) < 4.78 is 4.71. The lowest BCUT2D eigenvalue weighted by Gasteiger charge is -2.08. The van der Waals surface area contributed by atoms with Gasteiger partial charge in [-0.3, -0.25) is 4.79 Å². The van der Waals surface area contributed by atoms with Crippen molar-refractivity contribution in [3.05, 3.63) is 15.2 Å². The number of nitrogens with zero attached hydrogens (tertiary/aromatic N) is 1. The van der Waals surface area contributed by atoms with E-state index in [0.717, 1.165) is 0 Å². The zero-order chi connectivity index (χ0) is 10.9. The molecule has 0 amide bonds. The third kappa shape index (κ3) is 2.20. The van der Waals surface area contributed by atoms with Crippen LogP contribution in [0.15, 0.2) is 0 Å². The highest BCUT2D eigenvalue weighted by Gasteiger charge is 2.17. The topological polar surface area (TPSA) is 65.2 Å². The van der Waals surface area contributed by atoms with E-state index in [1.807, 2.05) is 0 Å². The van der Waals surface area contributed by atoms with Crippen LogP contribution in [-0.2, 0) is 4.79 Å².